The van der Waals surface area contributed by atoms with Crippen molar-refractivity contribution in [3.05, 3.63) is 0 Å². The van der Waals surface area contributed by atoms with Crippen molar-refractivity contribution in [3.63, 3.8) is 0 Å². The molecular weight excluding hydrogens is 286 g/mol. The second-order valence-electron chi connectivity index (χ2n) is 4.19. The van der Waals surface area contributed by atoms with Gasteiger partial charge in [-0.05, 0) is 26.3 Å². The molecule has 124 valence electrons. The quantitative estimate of drug-likeness (QED) is 0.294. The molecule has 0 saturated carbocycles. The number of hydrogen-bond acceptors (Lipinski definition) is 7. The molecule has 0 radical (unpaired) electrons. The maximum atomic E-state index is 10.1. The summed E-state index contributed by atoms with van der Waals surface area (Å²) in [6.07, 6.45) is 0.805. The first kappa shape index (κ1) is 21.5. The Labute approximate surface area is 121 Å². The van der Waals surface area contributed by atoms with E-state index in [2.05, 4.69) is 11.1 Å². The summed E-state index contributed by atoms with van der Waals surface area (Å²) in [7, 11) is 0. The van der Waals surface area contributed by atoms with Crippen LogP contribution in [0.4, 0.5) is 0 Å². The van der Waals surface area contributed by atoms with Gasteiger partial charge in [-0.1, -0.05) is 0 Å². The minimum Gasteiger partial charge on any atom is -0.480 e. The van der Waals surface area contributed by atoms with Gasteiger partial charge in [-0.25, -0.2) is 0 Å². The van der Waals surface area contributed by atoms with Crippen molar-refractivity contribution in [2.45, 2.75) is 38.0 Å². The monoisotopic (exact) mass is 309 g/mol. The third-order valence-electron chi connectivity index (χ3n) is 2.34. The summed E-state index contributed by atoms with van der Waals surface area (Å²) in [5.74, 6) is -2.87. The molecule has 1 heterocycles. The normalized spacial score (nSPS) is 19.1. The van der Waals surface area contributed by atoms with Gasteiger partial charge in [-0.15, -0.1) is 0 Å². The number of carbonyl (C=O) groups is 3. The van der Waals surface area contributed by atoms with Gasteiger partial charge in [0.1, 0.15) is 12.1 Å². The molecule has 1 saturated heterocycles. The molecule has 0 aromatic carbocycles. The van der Waals surface area contributed by atoms with Crippen LogP contribution in [-0.2, 0) is 14.4 Å². The first-order valence-electron chi connectivity index (χ1n) is 6.18. The van der Waals surface area contributed by atoms with Crippen molar-refractivity contribution in [1.82, 2.24) is 5.32 Å². The lowest BCUT2D eigenvalue weighted by Crippen LogP contribution is -2.39. The van der Waals surface area contributed by atoms with Gasteiger partial charge in [0, 0.05) is 0 Å². The Kier molecular flexibility index (Phi) is 12.3. The van der Waals surface area contributed by atoms with Gasteiger partial charge < -0.3 is 37.2 Å². The van der Waals surface area contributed by atoms with Crippen LogP contribution in [0.2, 0.25) is 0 Å². The van der Waals surface area contributed by atoms with Gasteiger partial charge in [0.15, 0.2) is 0 Å². The number of rotatable bonds is 4. The average molecular weight is 309 g/mol. The lowest BCUT2D eigenvalue weighted by Gasteiger charge is -2.06. The highest BCUT2D eigenvalue weighted by Gasteiger charge is 2.20. The molecule has 0 aromatic rings. The minimum absolute atomic E-state index is 0.269. The van der Waals surface area contributed by atoms with Gasteiger partial charge in [0.25, 0.3) is 0 Å². The molecule has 1 aliphatic rings. The van der Waals surface area contributed by atoms with Crippen LogP contribution in [0, 0.1) is 0 Å². The van der Waals surface area contributed by atoms with E-state index in [1.807, 2.05) is 0 Å². The van der Waals surface area contributed by atoms with Crippen molar-refractivity contribution in [3.8, 4) is 0 Å². The molecule has 10 nitrogen and oxygen atoms in total. The summed E-state index contributed by atoms with van der Waals surface area (Å²) in [4.78, 5) is 29.2. The smallest absolute Gasteiger partial charge is 0.323 e. The molecule has 1 fully saturated rings. The molecule has 21 heavy (non-hydrogen) atoms. The molecule has 0 spiro atoms. The van der Waals surface area contributed by atoms with Crippen molar-refractivity contribution in [1.29, 1.82) is 0 Å². The number of aliphatic hydroxyl groups is 1. The molecule has 0 amide bonds. The first-order valence-corrected chi connectivity index (χ1v) is 6.18. The molecular formula is C11H23N3O7. The van der Waals surface area contributed by atoms with E-state index >= 15 is 0 Å². The number of carboxylic acids is 3. The number of nitrogens with two attached hydrogens (primary N) is 2. The summed E-state index contributed by atoms with van der Waals surface area (Å²) in [5, 5.41) is 35.4. The molecule has 10 heteroatoms. The van der Waals surface area contributed by atoms with E-state index in [1.54, 1.807) is 0 Å². The summed E-state index contributed by atoms with van der Waals surface area (Å²) in [5.41, 5.74) is 9.48. The van der Waals surface area contributed by atoms with Crippen molar-refractivity contribution in [2.24, 2.45) is 11.5 Å². The lowest BCUT2D eigenvalue weighted by molar-refractivity contribution is -0.141. The fourth-order valence-corrected chi connectivity index (χ4v) is 1.10. The third-order valence-corrected chi connectivity index (χ3v) is 2.34. The van der Waals surface area contributed by atoms with Crippen LogP contribution in [0.3, 0.4) is 0 Å². The van der Waals surface area contributed by atoms with E-state index in [9.17, 15) is 14.4 Å². The zero-order chi connectivity index (χ0) is 17.0. The largest absolute Gasteiger partial charge is 0.480 e. The van der Waals surface area contributed by atoms with E-state index in [-0.39, 0.29) is 12.6 Å². The number of aliphatic carboxylic acids is 3. The predicted octanol–water partition coefficient (Wildman–Crippen LogP) is -2.37. The Morgan fingerprint density at radius 3 is 1.86 bits per heavy atom. The van der Waals surface area contributed by atoms with Crippen molar-refractivity contribution in [2.75, 3.05) is 13.1 Å². The van der Waals surface area contributed by atoms with E-state index in [0.29, 0.717) is 0 Å². The average Bonchev–Trinajstić information content (AvgIpc) is 2.93. The van der Waals surface area contributed by atoms with E-state index in [0.717, 1.165) is 19.4 Å². The Hall–Kier alpha value is -1.75. The van der Waals surface area contributed by atoms with Crippen LogP contribution >= 0.6 is 0 Å². The number of carboxylic acid groups (broad SMARTS) is 3. The molecule has 9 N–H and O–H groups in total. The molecule has 0 bridgehead atoms. The van der Waals surface area contributed by atoms with Crippen LogP contribution in [-0.4, -0.2) is 69.6 Å². The van der Waals surface area contributed by atoms with Gasteiger partial charge in [-0.3, -0.25) is 14.4 Å². The van der Waals surface area contributed by atoms with Gasteiger partial charge >= 0.3 is 17.9 Å². The summed E-state index contributed by atoms with van der Waals surface area (Å²) in [6, 6.07) is -1.43. The molecule has 0 aromatic heterocycles. The van der Waals surface area contributed by atoms with Crippen molar-refractivity contribution < 1.29 is 34.8 Å². The van der Waals surface area contributed by atoms with Crippen LogP contribution in [0.15, 0.2) is 0 Å². The Bertz CT molecular complexity index is 318. The van der Waals surface area contributed by atoms with Gasteiger partial charge in [0.05, 0.1) is 12.6 Å². The van der Waals surface area contributed by atoms with Gasteiger partial charge in [0.2, 0.25) is 0 Å². The van der Waals surface area contributed by atoms with E-state index in [4.69, 9.17) is 26.2 Å². The molecule has 2 unspecified atom stereocenters. The topological polar surface area (TPSA) is 196 Å². The second-order valence-corrected chi connectivity index (χ2v) is 4.19. The van der Waals surface area contributed by atoms with Crippen LogP contribution in [0.25, 0.3) is 0 Å². The SMILES string of the molecule is CC(O)C(N)C(=O)O.NCC(=O)O.O=C(O)[C@@H]1CCCN1. The highest BCUT2D eigenvalue weighted by Crippen LogP contribution is 2.03. The highest BCUT2D eigenvalue weighted by molar-refractivity contribution is 5.74. The van der Waals surface area contributed by atoms with Crippen molar-refractivity contribution >= 4 is 17.9 Å². The Morgan fingerprint density at radius 2 is 1.76 bits per heavy atom. The highest BCUT2D eigenvalue weighted by atomic mass is 16.4. The maximum absolute atomic E-state index is 10.1. The van der Waals surface area contributed by atoms with E-state index in [1.165, 1.54) is 6.92 Å². The Balaban J connectivity index is 0. The van der Waals surface area contributed by atoms with Crippen LogP contribution < -0.4 is 16.8 Å². The summed E-state index contributed by atoms with van der Waals surface area (Å²) < 4.78 is 0. The fraction of sp³-hybridized carbons (Fsp3) is 0.727. The lowest BCUT2D eigenvalue weighted by atomic mass is 10.2. The predicted molar refractivity (Wildman–Crippen MR) is 72.6 cm³/mol. The second kappa shape index (κ2) is 12.0. The molecule has 3 atom stereocenters. The number of nitrogens with one attached hydrogen (secondary N) is 1. The number of hydrogen-bond donors (Lipinski definition) is 7. The third kappa shape index (κ3) is 13.0. The van der Waals surface area contributed by atoms with Gasteiger partial charge in [-0.2, -0.15) is 0 Å². The minimum atomic E-state index is -1.18. The number of aliphatic hydroxyl groups excluding tert-OH is 1. The standard InChI is InChI=1S/C5H9NO2.C4H9NO3.C2H5NO2/c7-5(8)4-2-1-3-6-4;1-2(6)3(5)4(7)8;3-1-2(4)5/h4,6H,1-3H2,(H,7,8);2-3,6H,5H2,1H3,(H,7,8);1,3H2,(H,4,5)/t4-;;/m0../s1. The molecule has 1 rings (SSSR count). The maximum Gasteiger partial charge on any atom is 0.323 e. The summed E-state index contributed by atoms with van der Waals surface area (Å²) in [6.45, 7) is 1.91. The molecule has 1 aliphatic heterocycles. The van der Waals surface area contributed by atoms with Crippen LogP contribution in [0.5, 0.6) is 0 Å². The first-order chi connectivity index (χ1) is 9.63. The fourth-order valence-electron chi connectivity index (χ4n) is 1.10. The molecule has 0 aliphatic carbocycles. The Morgan fingerprint density at radius 1 is 1.29 bits per heavy atom. The zero-order valence-electron chi connectivity index (χ0n) is 11.7. The summed E-state index contributed by atoms with van der Waals surface area (Å²) >= 11 is 0. The zero-order valence-corrected chi connectivity index (χ0v) is 11.7. The van der Waals surface area contributed by atoms with E-state index < -0.39 is 30.1 Å². The van der Waals surface area contributed by atoms with Crippen LogP contribution in [0.1, 0.15) is 19.8 Å².